The molecule has 19 heteroatoms. The van der Waals surface area contributed by atoms with E-state index in [0.717, 1.165) is 48.5 Å². The molecule has 10 atom stereocenters. The summed E-state index contributed by atoms with van der Waals surface area (Å²) in [5, 5.41) is 0. The Labute approximate surface area is 269 Å². The summed E-state index contributed by atoms with van der Waals surface area (Å²) < 4.78 is 61.2. The van der Waals surface area contributed by atoms with Crippen molar-refractivity contribution >= 4 is 41.8 Å². The maximum atomic E-state index is 12.3. The van der Waals surface area contributed by atoms with Crippen LogP contribution in [0.4, 0.5) is 0 Å². The molecule has 0 aromatic heterocycles. The molecular weight excluding hydrogens is 638 g/mol. The number of ether oxygens (including phenoxy) is 11. The average molecular weight is 680 g/mol. The predicted molar refractivity (Wildman–Crippen MR) is 148 cm³/mol. The van der Waals surface area contributed by atoms with Crippen LogP contribution >= 0.6 is 0 Å². The number of carbonyl (C=O) groups excluding carboxylic acids is 7. The molecule has 2 saturated heterocycles. The molecular formula is C28H41NO18. The Morgan fingerprint density at radius 3 is 1.28 bits per heavy atom. The minimum Gasteiger partial charge on any atom is -0.463 e. The summed E-state index contributed by atoms with van der Waals surface area (Å²) >= 11 is 0. The summed E-state index contributed by atoms with van der Waals surface area (Å²) in [6, 6.07) is 0. The lowest BCUT2D eigenvalue weighted by Crippen LogP contribution is -2.67. The van der Waals surface area contributed by atoms with Gasteiger partial charge in [0.2, 0.25) is 0 Å². The molecule has 19 nitrogen and oxygen atoms in total. The van der Waals surface area contributed by atoms with Gasteiger partial charge in [0, 0.05) is 55.0 Å². The third-order valence-electron chi connectivity index (χ3n) is 6.29. The van der Waals surface area contributed by atoms with Crippen LogP contribution in [0.15, 0.2) is 0 Å². The Morgan fingerprint density at radius 1 is 0.489 bits per heavy atom. The van der Waals surface area contributed by atoms with E-state index in [2.05, 4.69) is 0 Å². The van der Waals surface area contributed by atoms with Crippen molar-refractivity contribution in [1.82, 2.24) is 0 Å². The van der Waals surface area contributed by atoms with Crippen LogP contribution in [0, 0.1) is 0 Å². The lowest BCUT2D eigenvalue weighted by atomic mass is 9.96. The molecule has 2 rings (SSSR count). The number of hydrogen-bond donors (Lipinski definition) is 1. The monoisotopic (exact) mass is 679 g/mol. The van der Waals surface area contributed by atoms with Crippen LogP contribution in [0.3, 0.4) is 0 Å². The largest absolute Gasteiger partial charge is 0.463 e. The van der Waals surface area contributed by atoms with Crippen LogP contribution in [0.2, 0.25) is 0 Å². The van der Waals surface area contributed by atoms with E-state index in [1.165, 1.54) is 0 Å². The second-order valence-corrected chi connectivity index (χ2v) is 10.3. The normalized spacial score (nSPS) is 30.2. The van der Waals surface area contributed by atoms with E-state index in [9.17, 15) is 33.6 Å². The number of esters is 7. The van der Waals surface area contributed by atoms with Crippen LogP contribution < -0.4 is 5.73 Å². The molecule has 0 saturated carbocycles. The highest BCUT2D eigenvalue weighted by molar-refractivity contribution is 5.69. The van der Waals surface area contributed by atoms with Crippen molar-refractivity contribution in [3.63, 3.8) is 0 Å². The van der Waals surface area contributed by atoms with Gasteiger partial charge in [-0.2, -0.15) is 0 Å². The lowest BCUT2D eigenvalue weighted by molar-refractivity contribution is -0.360. The fraction of sp³-hybridized carbons (Fsp3) is 0.750. The topological polar surface area (TPSA) is 247 Å². The van der Waals surface area contributed by atoms with Crippen LogP contribution in [0.1, 0.15) is 48.5 Å². The van der Waals surface area contributed by atoms with Gasteiger partial charge in [-0.15, -0.1) is 0 Å². The molecule has 2 aliphatic rings. The van der Waals surface area contributed by atoms with Gasteiger partial charge >= 0.3 is 41.8 Å². The molecule has 0 spiro atoms. The molecule has 0 bridgehead atoms. The minimum absolute atomic E-state index is 0.0180. The molecule has 2 N–H and O–H groups in total. The Kier molecular flexibility index (Phi) is 15.4. The van der Waals surface area contributed by atoms with Gasteiger partial charge < -0.3 is 57.8 Å². The van der Waals surface area contributed by atoms with E-state index < -0.39 is 116 Å². The van der Waals surface area contributed by atoms with E-state index in [1.54, 1.807) is 0 Å². The van der Waals surface area contributed by atoms with E-state index in [0.29, 0.717) is 0 Å². The molecule has 0 aromatic rings. The third-order valence-corrected chi connectivity index (χ3v) is 6.29. The average Bonchev–Trinajstić information content (AvgIpc) is 2.94. The van der Waals surface area contributed by atoms with Crippen molar-refractivity contribution in [2.24, 2.45) is 5.73 Å². The summed E-state index contributed by atoms with van der Waals surface area (Å²) in [4.78, 5) is 84.5. The van der Waals surface area contributed by atoms with Crippen molar-refractivity contribution < 1.29 is 85.7 Å². The molecule has 0 radical (unpaired) electrons. The van der Waals surface area contributed by atoms with E-state index in [1.807, 2.05) is 0 Å². The Bertz CT molecular complexity index is 1140. The maximum absolute atomic E-state index is 12.3. The van der Waals surface area contributed by atoms with Gasteiger partial charge in [-0.25, -0.2) is 0 Å². The molecule has 0 aliphatic carbocycles. The van der Waals surface area contributed by atoms with Crippen molar-refractivity contribution in [3.8, 4) is 0 Å². The second-order valence-electron chi connectivity index (χ2n) is 10.3. The van der Waals surface area contributed by atoms with Crippen LogP contribution in [0.5, 0.6) is 0 Å². The molecule has 2 heterocycles. The first kappa shape index (κ1) is 39.3. The fourth-order valence-corrected chi connectivity index (χ4v) is 4.79. The van der Waals surface area contributed by atoms with Gasteiger partial charge in [-0.1, -0.05) is 0 Å². The van der Waals surface area contributed by atoms with E-state index >= 15 is 0 Å². The van der Waals surface area contributed by atoms with Gasteiger partial charge in [0.1, 0.15) is 31.5 Å². The van der Waals surface area contributed by atoms with Gasteiger partial charge in [-0.05, 0) is 0 Å². The first-order valence-electron chi connectivity index (χ1n) is 14.4. The third kappa shape index (κ3) is 12.3. The van der Waals surface area contributed by atoms with Crippen LogP contribution in [-0.2, 0) is 85.7 Å². The highest BCUT2D eigenvalue weighted by Crippen LogP contribution is 2.35. The first-order valence-corrected chi connectivity index (χ1v) is 14.4. The fourth-order valence-electron chi connectivity index (χ4n) is 4.79. The molecule has 2 fully saturated rings. The molecule has 10 unspecified atom stereocenters. The number of hydrogen-bond acceptors (Lipinski definition) is 19. The summed E-state index contributed by atoms with van der Waals surface area (Å²) in [5.74, 6) is -5.83. The van der Waals surface area contributed by atoms with Crippen LogP contribution in [0.25, 0.3) is 0 Å². The zero-order valence-corrected chi connectivity index (χ0v) is 27.0. The zero-order chi connectivity index (χ0) is 35.4. The van der Waals surface area contributed by atoms with E-state index in [4.69, 9.17) is 57.8 Å². The highest BCUT2D eigenvalue weighted by Gasteiger charge is 2.57. The quantitative estimate of drug-likeness (QED) is 0.163. The molecule has 0 amide bonds. The summed E-state index contributed by atoms with van der Waals surface area (Å²) in [6.07, 6.45) is -15.3. The molecule has 47 heavy (non-hydrogen) atoms. The zero-order valence-electron chi connectivity index (χ0n) is 27.0. The molecule has 266 valence electrons. The van der Waals surface area contributed by atoms with Gasteiger partial charge in [-0.3, -0.25) is 33.6 Å². The number of carbonyl (C=O) groups is 7. The number of rotatable bonds is 14. The predicted octanol–water partition coefficient (Wildman–Crippen LogP) is -1.42. The summed E-state index contributed by atoms with van der Waals surface area (Å²) in [5.41, 5.74) is 5.57. The highest BCUT2D eigenvalue weighted by atomic mass is 16.8. The smallest absolute Gasteiger partial charge is 0.303 e. The Hall–Kier alpha value is -3.91. The van der Waals surface area contributed by atoms with Crippen molar-refractivity contribution in [2.45, 2.75) is 110 Å². The standard InChI is InChI=1S/C28H41NO18/c1-12(30)38-10-19-21(40-14(3)32)23(41-15(4)33)26(44-18(7)36)28(46-19)47-22-20(11-39-13(2)31)45-27(37-9-8-29)25(43-17(6)35)24(22)42-16(5)34/h19-28H,8-11,29H2,1-7H3. The minimum atomic E-state index is -1.78. The van der Waals surface area contributed by atoms with Crippen LogP contribution in [-0.4, -0.2) is 130 Å². The summed E-state index contributed by atoms with van der Waals surface area (Å²) in [6.45, 7) is 6.30. The maximum Gasteiger partial charge on any atom is 0.303 e. The van der Waals surface area contributed by atoms with E-state index in [-0.39, 0.29) is 13.2 Å². The van der Waals surface area contributed by atoms with Gasteiger partial charge in [0.15, 0.2) is 43.1 Å². The van der Waals surface area contributed by atoms with Gasteiger partial charge in [0.25, 0.3) is 0 Å². The van der Waals surface area contributed by atoms with Crippen molar-refractivity contribution in [3.05, 3.63) is 0 Å². The Morgan fingerprint density at radius 2 is 0.851 bits per heavy atom. The SMILES string of the molecule is CC(=O)OCC1OC(OC2C(COC(C)=O)OC(OCCN)C(OC(C)=O)C2OC(C)=O)C(OC(C)=O)C(OC(C)=O)C1OC(C)=O. The van der Waals surface area contributed by atoms with Crippen molar-refractivity contribution in [1.29, 1.82) is 0 Å². The second kappa shape index (κ2) is 18.4. The first-order chi connectivity index (χ1) is 22.0. The molecule has 2 aliphatic heterocycles. The number of nitrogens with two attached hydrogens (primary N) is 1. The Balaban J connectivity index is 2.71. The van der Waals surface area contributed by atoms with Gasteiger partial charge in [0.05, 0.1) is 6.61 Å². The summed E-state index contributed by atoms with van der Waals surface area (Å²) in [7, 11) is 0. The lowest BCUT2D eigenvalue weighted by Gasteiger charge is -2.48. The van der Waals surface area contributed by atoms with Crippen molar-refractivity contribution in [2.75, 3.05) is 26.4 Å². The molecule has 0 aromatic carbocycles.